The van der Waals surface area contributed by atoms with Crippen molar-refractivity contribution in [2.45, 2.75) is 45.9 Å². The number of nitrogens with two attached hydrogens (primary N) is 1. The van der Waals surface area contributed by atoms with Crippen molar-refractivity contribution in [2.75, 3.05) is 0 Å². The summed E-state index contributed by atoms with van der Waals surface area (Å²) in [5.41, 5.74) is 7.43. The molecule has 0 unspecified atom stereocenters. The Morgan fingerprint density at radius 1 is 1.30 bits per heavy atom. The van der Waals surface area contributed by atoms with E-state index in [0.717, 1.165) is 41.8 Å². The van der Waals surface area contributed by atoms with Crippen LogP contribution in [0.1, 0.15) is 35.9 Å². The van der Waals surface area contributed by atoms with Gasteiger partial charge in [0, 0.05) is 25.2 Å². The van der Waals surface area contributed by atoms with E-state index >= 15 is 0 Å². The molecule has 106 valence electrons. The van der Waals surface area contributed by atoms with Crippen molar-refractivity contribution in [3.8, 4) is 5.75 Å². The number of aryl methyl sites for hydroxylation is 2. The first kappa shape index (κ1) is 13.1. The van der Waals surface area contributed by atoms with Crippen LogP contribution in [0, 0.1) is 6.92 Å². The van der Waals surface area contributed by atoms with E-state index in [0.29, 0.717) is 13.2 Å². The van der Waals surface area contributed by atoms with Gasteiger partial charge >= 0.3 is 0 Å². The average Bonchev–Trinajstić information content (AvgIpc) is 2.89. The van der Waals surface area contributed by atoms with Gasteiger partial charge in [-0.2, -0.15) is 0 Å². The second-order valence-electron chi connectivity index (χ2n) is 5.03. The lowest BCUT2D eigenvalue weighted by Gasteiger charge is -2.15. The van der Waals surface area contributed by atoms with Crippen molar-refractivity contribution >= 4 is 0 Å². The molecular weight excluding hydrogens is 254 g/mol. The average molecular weight is 273 g/mol. The van der Waals surface area contributed by atoms with Crippen LogP contribution < -0.4 is 10.5 Å². The minimum absolute atomic E-state index is 0.370. The largest absolute Gasteiger partial charge is 0.484 e. The molecule has 3 rings (SSSR count). The molecule has 2 N–H and O–H groups in total. The minimum Gasteiger partial charge on any atom is -0.484 e. The summed E-state index contributed by atoms with van der Waals surface area (Å²) < 4.78 is 7.99. The SMILES string of the molecule is Cc1ccc(OCc2nnc3n2CCCC3)c(CN)n1. The molecular formula is C14H19N5O. The van der Waals surface area contributed by atoms with Gasteiger partial charge in [0.1, 0.15) is 18.2 Å². The summed E-state index contributed by atoms with van der Waals surface area (Å²) in [5.74, 6) is 2.67. The molecule has 0 aliphatic carbocycles. The second kappa shape index (κ2) is 5.58. The summed E-state index contributed by atoms with van der Waals surface area (Å²) >= 11 is 0. The molecule has 0 spiro atoms. The zero-order valence-electron chi connectivity index (χ0n) is 11.7. The predicted molar refractivity (Wildman–Crippen MR) is 74.2 cm³/mol. The maximum absolute atomic E-state index is 5.83. The molecule has 2 aromatic heterocycles. The number of fused-ring (bicyclic) bond motifs is 1. The van der Waals surface area contributed by atoms with E-state index in [9.17, 15) is 0 Å². The Morgan fingerprint density at radius 3 is 3.05 bits per heavy atom. The zero-order valence-corrected chi connectivity index (χ0v) is 11.7. The Bertz CT molecular complexity index is 608. The van der Waals surface area contributed by atoms with Crippen molar-refractivity contribution in [3.05, 3.63) is 35.2 Å². The molecule has 0 saturated carbocycles. The van der Waals surface area contributed by atoms with Gasteiger partial charge in [-0.05, 0) is 31.9 Å². The zero-order chi connectivity index (χ0) is 13.9. The van der Waals surface area contributed by atoms with Crippen LogP contribution in [0.2, 0.25) is 0 Å². The molecule has 0 fully saturated rings. The first-order chi connectivity index (χ1) is 9.78. The van der Waals surface area contributed by atoms with Gasteiger partial charge in [0.05, 0.1) is 5.69 Å². The fourth-order valence-corrected chi connectivity index (χ4v) is 2.49. The maximum Gasteiger partial charge on any atom is 0.171 e. The predicted octanol–water partition coefficient (Wildman–Crippen LogP) is 1.36. The molecule has 20 heavy (non-hydrogen) atoms. The Labute approximate surface area is 118 Å². The fraction of sp³-hybridized carbons (Fsp3) is 0.500. The smallest absolute Gasteiger partial charge is 0.171 e. The van der Waals surface area contributed by atoms with E-state index < -0.39 is 0 Å². The highest BCUT2D eigenvalue weighted by molar-refractivity contribution is 5.29. The topological polar surface area (TPSA) is 78.9 Å². The lowest BCUT2D eigenvalue weighted by atomic mass is 10.2. The van der Waals surface area contributed by atoms with Crippen LogP contribution in [0.15, 0.2) is 12.1 Å². The molecule has 0 amide bonds. The third-order valence-electron chi connectivity index (χ3n) is 3.56. The summed E-state index contributed by atoms with van der Waals surface area (Å²) in [4.78, 5) is 4.39. The van der Waals surface area contributed by atoms with E-state index in [1.54, 1.807) is 0 Å². The van der Waals surface area contributed by atoms with Crippen LogP contribution in [0.5, 0.6) is 5.75 Å². The van der Waals surface area contributed by atoms with E-state index in [-0.39, 0.29) is 0 Å². The van der Waals surface area contributed by atoms with Gasteiger partial charge in [0.15, 0.2) is 5.82 Å². The Hall–Kier alpha value is -1.95. The van der Waals surface area contributed by atoms with Crippen molar-refractivity contribution in [3.63, 3.8) is 0 Å². The molecule has 0 radical (unpaired) electrons. The molecule has 0 saturated heterocycles. The van der Waals surface area contributed by atoms with Gasteiger partial charge in [-0.25, -0.2) is 0 Å². The molecule has 1 aliphatic heterocycles. The maximum atomic E-state index is 5.83. The molecule has 0 bridgehead atoms. The van der Waals surface area contributed by atoms with Crippen LogP contribution in [0.4, 0.5) is 0 Å². The highest BCUT2D eigenvalue weighted by atomic mass is 16.5. The highest BCUT2D eigenvalue weighted by Gasteiger charge is 2.16. The van der Waals surface area contributed by atoms with Crippen LogP contribution in [-0.4, -0.2) is 19.7 Å². The van der Waals surface area contributed by atoms with E-state index in [1.165, 1.54) is 12.8 Å². The summed E-state index contributed by atoms with van der Waals surface area (Å²) in [6.45, 7) is 3.70. The molecule has 0 atom stereocenters. The first-order valence-corrected chi connectivity index (χ1v) is 6.98. The van der Waals surface area contributed by atoms with Gasteiger partial charge in [0.2, 0.25) is 0 Å². The monoisotopic (exact) mass is 273 g/mol. The molecule has 6 heteroatoms. The molecule has 6 nitrogen and oxygen atoms in total. The van der Waals surface area contributed by atoms with Gasteiger partial charge < -0.3 is 15.0 Å². The number of ether oxygens (including phenoxy) is 1. The summed E-state index contributed by atoms with van der Waals surface area (Å²) in [6, 6.07) is 3.84. The van der Waals surface area contributed by atoms with Gasteiger partial charge in [-0.1, -0.05) is 0 Å². The molecule has 0 aromatic carbocycles. The van der Waals surface area contributed by atoms with Crippen LogP contribution in [0.3, 0.4) is 0 Å². The van der Waals surface area contributed by atoms with Gasteiger partial charge in [-0.15, -0.1) is 10.2 Å². The van der Waals surface area contributed by atoms with Crippen molar-refractivity contribution in [2.24, 2.45) is 5.73 Å². The fourth-order valence-electron chi connectivity index (χ4n) is 2.49. The quantitative estimate of drug-likeness (QED) is 0.909. The third kappa shape index (κ3) is 2.51. The number of hydrogen-bond donors (Lipinski definition) is 1. The number of nitrogens with zero attached hydrogens (tertiary/aromatic N) is 4. The lowest BCUT2D eigenvalue weighted by Crippen LogP contribution is -2.15. The first-order valence-electron chi connectivity index (χ1n) is 6.98. The summed E-state index contributed by atoms with van der Waals surface area (Å²) in [7, 11) is 0. The Kier molecular flexibility index (Phi) is 3.64. The standard InChI is InChI=1S/C14H19N5O/c1-10-5-6-12(11(8-15)16-10)20-9-14-18-17-13-4-2-3-7-19(13)14/h5-6H,2-4,7-9,15H2,1H3. The van der Waals surface area contributed by atoms with Crippen molar-refractivity contribution in [1.82, 2.24) is 19.7 Å². The van der Waals surface area contributed by atoms with E-state index in [4.69, 9.17) is 10.5 Å². The van der Waals surface area contributed by atoms with Crippen LogP contribution in [-0.2, 0) is 26.1 Å². The number of pyridine rings is 1. The normalized spacial score (nSPS) is 14.1. The molecule has 2 aromatic rings. The highest BCUT2D eigenvalue weighted by Crippen LogP contribution is 2.19. The second-order valence-corrected chi connectivity index (χ2v) is 5.03. The number of rotatable bonds is 4. The van der Waals surface area contributed by atoms with E-state index in [2.05, 4.69) is 19.7 Å². The van der Waals surface area contributed by atoms with Crippen LogP contribution in [0.25, 0.3) is 0 Å². The summed E-state index contributed by atoms with van der Waals surface area (Å²) in [5, 5.41) is 8.44. The lowest BCUT2D eigenvalue weighted by molar-refractivity contribution is 0.281. The number of aromatic nitrogens is 4. The van der Waals surface area contributed by atoms with Crippen LogP contribution >= 0.6 is 0 Å². The van der Waals surface area contributed by atoms with Crippen molar-refractivity contribution < 1.29 is 4.74 Å². The Morgan fingerprint density at radius 2 is 2.20 bits per heavy atom. The Balaban J connectivity index is 1.75. The molecule has 1 aliphatic rings. The summed E-state index contributed by atoms with van der Waals surface area (Å²) in [6.07, 6.45) is 3.38. The minimum atomic E-state index is 0.370. The third-order valence-corrected chi connectivity index (χ3v) is 3.56. The number of hydrogen-bond acceptors (Lipinski definition) is 5. The van der Waals surface area contributed by atoms with E-state index in [1.807, 2.05) is 19.1 Å². The van der Waals surface area contributed by atoms with Gasteiger partial charge in [-0.3, -0.25) is 4.98 Å². The van der Waals surface area contributed by atoms with Gasteiger partial charge in [0.25, 0.3) is 0 Å². The molecule has 3 heterocycles. The van der Waals surface area contributed by atoms with Crippen molar-refractivity contribution in [1.29, 1.82) is 0 Å².